The summed E-state index contributed by atoms with van der Waals surface area (Å²) in [5, 5.41) is 3.72. The lowest BCUT2D eigenvalue weighted by molar-refractivity contribution is -0.148. The minimum absolute atomic E-state index is 0.153. The number of carbonyl (C=O) groups is 2. The lowest BCUT2D eigenvalue weighted by Crippen LogP contribution is -2.30. The van der Waals surface area contributed by atoms with Crippen LogP contribution in [-0.2, 0) is 27.2 Å². The predicted molar refractivity (Wildman–Crippen MR) is 120 cm³/mol. The Morgan fingerprint density at radius 2 is 1.77 bits per heavy atom. The van der Waals surface area contributed by atoms with Crippen molar-refractivity contribution in [1.82, 2.24) is 10.3 Å². The number of carbonyl (C=O) groups excluding carboxylic acids is 2. The number of nitrogens with one attached hydrogen (secondary N) is 1. The van der Waals surface area contributed by atoms with Gasteiger partial charge in [-0.1, -0.05) is 42.5 Å². The molecule has 0 bridgehead atoms. The van der Waals surface area contributed by atoms with Crippen LogP contribution in [0.4, 0.5) is 0 Å². The second kappa shape index (κ2) is 10.0. The Labute approximate surface area is 183 Å². The van der Waals surface area contributed by atoms with E-state index >= 15 is 0 Å². The number of thiazole rings is 1. The highest BCUT2D eigenvalue weighted by molar-refractivity contribution is 7.18. The van der Waals surface area contributed by atoms with Crippen molar-refractivity contribution in [2.45, 2.75) is 19.3 Å². The van der Waals surface area contributed by atoms with Crippen LogP contribution in [0, 0.1) is 0 Å². The van der Waals surface area contributed by atoms with E-state index in [0.29, 0.717) is 25.1 Å². The molecule has 0 aliphatic heterocycles. The summed E-state index contributed by atoms with van der Waals surface area (Å²) in [6.45, 7) is 0.164. The summed E-state index contributed by atoms with van der Waals surface area (Å²) in [5.41, 5.74) is 1.95. The first kappa shape index (κ1) is 20.8. The zero-order chi connectivity index (χ0) is 21.5. The smallest absolute Gasteiger partial charge is 0.306 e. The van der Waals surface area contributed by atoms with Gasteiger partial charge in [0.25, 0.3) is 5.91 Å². The standard InChI is InChI=1S/C24H22N2O4S/c27-22(25-15-14-23-26-19-8-4-5-9-21(19)31-23)16-29-24(28)13-11-18-10-12-20(30-18)17-6-2-1-3-7-17/h1-10,12H,11,13-16H2,(H,25,27). The van der Waals surface area contributed by atoms with Gasteiger partial charge in [-0.05, 0) is 24.3 Å². The highest BCUT2D eigenvalue weighted by Gasteiger charge is 2.11. The largest absolute Gasteiger partial charge is 0.461 e. The van der Waals surface area contributed by atoms with Gasteiger partial charge in [-0.25, -0.2) is 4.98 Å². The number of para-hydroxylation sites is 1. The third-order valence-electron chi connectivity index (χ3n) is 4.66. The third kappa shape index (κ3) is 5.79. The Bertz CT molecular complexity index is 1130. The molecule has 0 spiro atoms. The molecule has 0 unspecified atom stereocenters. The van der Waals surface area contributed by atoms with Gasteiger partial charge in [-0.3, -0.25) is 9.59 Å². The number of rotatable bonds is 9. The highest BCUT2D eigenvalue weighted by atomic mass is 32.1. The number of aromatic nitrogens is 1. The second-order valence-electron chi connectivity index (χ2n) is 6.97. The number of hydrogen-bond acceptors (Lipinski definition) is 6. The number of hydrogen-bond donors (Lipinski definition) is 1. The van der Waals surface area contributed by atoms with Crippen LogP contribution in [0.1, 0.15) is 17.2 Å². The lowest BCUT2D eigenvalue weighted by atomic mass is 10.2. The van der Waals surface area contributed by atoms with Crippen molar-refractivity contribution in [2.24, 2.45) is 0 Å². The first-order valence-corrected chi connectivity index (χ1v) is 10.9. The predicted octanol–water partition coefficient (Wildman–Crippen LogP) is 4.39. The minimum Gasteiger partial charge on any atom is -0.461 e. The monoisotopic (exact) mass is 434 g/mol. The van der Waals surface area contributed by atoms with Crippen LogP contribution in [0.2, 0.25) is 0 Å². The van der Waals surface area contributed by atoms with Gasteiger partial charge in [-0.2, -0.15) is 0 Å². The maximum Gasteiger partial charge on any atom is 0.306 e. The van der Waals surface area contributed by atoms with E-state index in [1.54, 1.807) is 11.3 Å². The maximum absolute atomic E-state index is 11.9. The summed E-state index contributed by atoms with van der Waals surface area (Å²) < 4.78 is 12.0. The molecule has 7 heteroatoms. The van der Waals surface area contributed by atoms with E-state index in [1.807, 2.05) is 66.7 Å². The molecule has 1 amide bonds. The van der Waals surface area contributed by atoms with Crippen molar-refractivity contribution in [3.63, 3.8) is 0 Å². The fourth-order valence-electron chi connectivity index (χ4n) is 3.10. The summed E-state index contributed by atoms with van der Waals surface area (Å²) in [6.07, 6.45) is 1.22. The summed E-state index contributed by atoms with van der Waals surface area (Å²) in [4.78, 5) is 28.4. The van der Waals surface area contributed by atoms with Crippen LogP contribution in [0.25, 0.3) is 21.5 Å². The molecule has 31 heavy (non-hydrogen) atoms. The Morgan fingerprint density at radius 3 is 2.61 bits per heavy atom. The molecule has 6 nitrogen and oxygen atoms in total. The van der Waals surface area contributed by atoms with Crippen LogP contribution >= 0.6 is 11.3 Å². The molecule has 0 radical (unpaired) electrons. The van der Waals surface area contributed by atoms with E-state index in [0.717, 1.165) is 26.5 Å². The van der Waals surface area contributed by atoms with Gasteiger partial charge in [0.2, 0.25) is 0 Å². The van der Waals surface area contributed by atoms with E-state index in [1.165, 1.54) is 0 Å². The molecule has 4 aromatic rings. The molecular weight excluding hydrogens is 412 g/mol. The molecule has 0 fully saturated rings. The van der Waals surface area contributed by atoms with Gasteiger partial charge in [0, 0.05) is 24.9 Å². The number of fused-ring (bicyclic) bond motifs is 1. The Balaban J connectivity index is 1.14. The fourth-order valence-corrected chi connectivity index (χ4v) is 4.07. The quantitative estimate of drug-likeness (QED) is 0.395. The van der Waals surface area contributed by atoms with Gasteiger partial charge < -0.3 is 14.5 Å². The van der Waals surface area contributed by atoms with E-state index in [4.69, 9.17) is 9.15 Å². The van der Waals surface area contributed by atoms with Crippen molar-refractivity contribution < 1.29 is 18.7 Å². The number of aryl methyl sites for hydroxylation is 1. The zero-order valence-corrected chi connectivity index (χ0v) is 17.7. The molecule has 2 aromatic heterocycles. The minimum atomic E-state index is -0.431. The fraction of sp³-hybridized carbons (Fsp3) is 0.208. The number of esters is 1. The first-order chi connectivity index (χ1) is 15.2. The lowest BCUT2D eigenvalue weighted by Gasteiger charge is -2.05. The van der Waals surface area contributed by atoms with Crippen molar-refractivity contribution in [3.05, 3.63) is 77.5 Å². The van der Waals surface area contributed by atoms with Crippen molar-refractivity contribution in [2.75, 3.05) is 13.2 Å². The molecule has 0 saturated heterocycles. The van der Waals surface area contributed by atoms with E-state index in [9.17, 15) is 9.59 Å². The zero-order valence-electron chi connectivity index (χ0n) is 16.9. The van der Waals surface area contributed by atoms with Gasteiger partial charge in [0.15, 0.2) is 6.61 Å². The van der Waals surface area contributed by atoms with Crippen molar-refractivity contribution in [3.8, 4) is 11.3 Å². The number of nitrogens with zero attached hydrogens (tertiary/aromatic N) is 1. The van der Waals surface area contributed by atoms with Crippen molar-refractivity contribution >= 4 is 33.4 Å². The maximum atomic E-state index is 11.9. The average molecular weight is 435 g/mol. The number of amides is 1. The van der Waals surface area contributed by atoms with Crippen LogP contribution < -0.4 is 5.32 Å². The number of ether oxygens (including phenoxy) is 1. The number of benzene rings is 2. The highest BCUT2D eigenvalue weighted by Crippen LogP contribution is 2.23. The molecule has 1 N–H and O–H groups in total. The van der Waals surface area contributed by atoms with Gasteiger partial charge >= 0.3 is 5.97 Å². The van der Waals surface area contributed by atoms with Gasteiger partial charge in [0.1, 0.15) is 11.5 Å². The summed E-state index contributed by atoms with van der Waals surface area (Å²) in [6, 6.07) is 21.4. The molecule has 4 rings (SSSR count). The van der Waals surface area contributed by atoms with E-state index in [-0.39, 0.29) is 18.9 Å². The summed E-state index contributed by atoms with van der Waals surface area (Å²) in [5.74, 6) is 0.713. The van der Waals surface area contributed by atoms with Crippen LogP contribution in [0.15, 0.2) is 71.1 Å². The SMILES string of the molecule is O=C(COC(=O)CCc1ccc(-c2ccccc2)o1)NCCc1nc2ccccc2s1. The molecule has 158 valence electrons. The Morgan fingerprint density at radius 1 is 0.968 bits per heavy atom. The molecule has 2 heterocycles. The molecule has 0 aliphatic carbocycles. The average Bonchev–Trinajstić information content (AvgIpc) is 3.43. The van der Waals surface area contributed by atoms with E-state index in [2.05, 4.69) is 10.3 Å². The summed E-state index contributed by atoms with van der Waals surface area (Å²) >= 11 is 1.62. The van der Waals surface area contributed by atoms with Crippen molar-refractivity contribution in [1.29, 1.82) is 0 Å². The number of furan rings is 1. The van der Waals surface area contributed by atoms with Gasteiger partial charge in [-0.15, -0.1) is 11.3 Å². The molecule has 2 aromatic carbocycles. The van der Waals surface area contributed by atoms with Crippen LogP contribution in [0.5, 0.6) is 0 Å². The molecule has 0 atom stereocenters. The normalized spacial score (nSPS) is 10.8. The first-order valence-electron chi connectivity index (χ1n) is 10.1. The third-order valence-corrected chi connectivity index (χ3v) is 5.76. The topological polar surface area (TPSA) is 81.4 Å². The molecular formula is C24H22N2O4S. The Hall–Kier alpha value is -3.45. The van der Waals surface area contributed by atoms with Crippen LogP contribution in [-0.4, -0.2) is 30.0 Å². The molecule has 0 saturated carbocycles. The van der Waals surface area contributed by atoms with E-state index < -0.39 is 5.97 Å². The Kier molecular flexibility index (Phi) is 6.74. The summed E-state index contributed by atoms with van der Waals surface area (Å²) in [7, 11) is 0. The second-order valence-corrected chi connectivity index (χ2v) is 8.08. The molecule has 0 aliphatic rings. The van der Waals surface area contributed by atoms with Gasteiger partial charge in [0.05, 0.1) is 21.6 Å². The van der Waals surface area contributed by atoms with Crippen LogP contribution in [0.3, 0.4) is 0 Å².